The molecule has 268 valence electrons. The summed E-state index contributed by atoms with van der Waals surface area (Å²) in [7, 11) is 0. The number of nitrogens with one attached hydrogen (secondary N) is 1. The fourth-order valence-corrected chi connectivity index (χ4v) is 8.16. The minimum absolute atomic E-state index is 0.354. The third kappa shape index (κ3) is 6.05. The van der Waals surface area contributed by atoms with Crippen LogP contribution in [-0.4, -0.2) is 11.7 Å². The highest BCUT2D eigenvalue weighted by Crippen LogP contribution is 2.39. The van der Waals surface area contributed by atoms with Crippen LogP contribution in [0.3, 0.4) is 0 Å². The highest BCUT2D eigenvalue weighted by molar-refractivity contribution is 6.23. The first-order chi connectivity index (χ1) is 28.2. The van der Waals surface area contributed by atoms with Gasteiger partial charge in [0.25, 0.3) is 0 Å². The minimum atomic E-state index is -0.354. The standard InChI is InChI=1S/C53H35N3O/c1-3-12-34(13-4-1)40-20-11-21-41(28-40)45-31-47(50-46-30-42-18-9-10-19-43(42)32-48(46)57-49(50)33-45)53-55-51(37-15-5-2-6-16-37)54-52(56-53)38-25-22-36(23-26-38)44-27-24-35-14-7-8-17-39(35)29-44/h1-33,51H,(H,54,55,56). The molecule has 10 aromatic rings. The van der Waals surface area contributed by atoms with Gasteiger partial charge in [-0.1, -0.05) is 164 Å². The number of hydrogen-bond acceptors (Lipinski definition) is 4. The molecule has 1 atom stereocenters. The Bertz CT molecular complexity index is 3200. The molecule has 0 bridgehead atoms. The summed E-state index contributed by atoms with van der Waals surface area (Å²) in [6, 6.07) is 70.6. The Hall–Kier alpha value is -7.56. The molecule has 1 unspecified atom stereocenters. The van der Waals surface area contributed by atoms with E-state index in [4.69, 9.17) is 14.4 Å². The van der Waals surface area contributed by atoms with Gasteiger partial charge in [-0.05, 0) is 96.9 Å². The maximum Gasteiger partial charge on any atom is 0.159 e. The van der Waals surface area contributed by atoms with Crippen LogP contribution in [0, 0.1) is 0 Å². The normalized spacial score (nSPS) is 14.1. The molecule has 11 rings (SSSR count). The Morgan fingerprint density at radius 2 is 0.982 bits per heavy atom. The summed E-state index contributed by atoms with van der Waals surface area (Å²) in [4.78, 5) is 10.6. The molecule has 0 amide bonds. The molecule has 1 aromatic heterocycles. The van der Waals surface area contributed by atoms with Gasteiger partial charge in [-0.15, -0.1) is 0 Å². The first-order valence-corrected chi connectivity index (χ1v) is 19.3. The molecule has 1 N–H and O–H groups in total. The van der Waals surface area contributed by atoms with Crippen LogP contribution in [0.5, 0.6) is 0 Å². The topological polar surface area (TPSA) is 49.9 Å². The van der Waals surface area contributed by atoms with Crippen molar-refractivity contribution in [3.8, 4) is 33.4 Å². The van der Waals surface area contributed by atoms with Crippen molar-refractivity contribution in [1.29, 1.82) is 0 Å². The van der Waals surface area contributed by atoms with Crippen molar-refractivity contribution in [1.82, 2.24) is 5.32 Å². The van der Waals surface area contributed by atoms with Crippen molar-refractivity contribution in [3.63, 3.8) is 0 Å². The molecular formula is C53H35N3O. The SMILES string of the molecule is c1ccc(-c2cccc(-c3cc(C4=NC(c5ccc(-c6ccc7ccccc7c6)cc5)=NC(c5ccccc5)N4)c4c(c3)oc3cc5ccccc5cc34)c2)cc1. The van der Waals surface area contributed by atoms with Gasteiger partial charge in [0.1, 0.15) is 23.2 Å². The van der Waals surface area contributed by atoms with Crippen LogP contribution in [-0.2, 0) is 0 Å². The zero-order valence-corrected chi connectivity index (χ0v) is 30.9. The highest BCUT2D eigenvalue weighted by Gasteiger charge is 2.25. The van der Waals surface area contributed by atoms with Crippen LogP contribution in [0.25, 0.3) is 76.9 Å². The van der Waals surface area contributed by atoms with E-state index in [1.165, 1.54) is 21.9 Å². The lowest BCUT2D eigenvalue weighted by molar-refractivity contribution is 0.668. The lowest BCUT2D eigenvalue weighted by Crippen LogP contribution is -2.33. The summed E-state index contributed by atoms with van der Waals surface area (Å²) in [5.74, 6) is 1.42. The second-order valence-electron chi connectivity index (χ2n) is 14.7. The number of nitrogens with zero attached hydrogens (tertiary/aromatic N) is 2. The molecule has 57 heavy (non-hydrogen) atoms. The van der Waals surface area contributed by atoms with E-state index in [1.54, 1.807) is 0 Å². The Labute approximate surface area is 330 Å². The molecule has 0 saturated heterocycles. The number of fused-ring (bicyclic) bond motifs is 5. The van der Waals surface area contributed by atoms with E-state index in [1.807, 2.05) is 6.07 Å². The average molecular weight is 730 g/mol. The van der Waals surface area contributed by atoms with Crippen LogP contribution in [0.1, 0.15) is 22.9 Å². The molecule has 9 aromatic carbocycles. The number of furan rings is 1. The quantitative estimate of drug-likeness (QED) is 0.185. The fraction of sp³-hybridized carbons (Fsp3) is 0.0189. The summed E-state index contributed by atoms with van der Waals surface area (Å²) in [5, 5.41) is 10.6. The van der Waals surface area contributed by atoms with Gasteiger partial charge < -0.3 is 9.73 Å². The second-order valence-corrected chi connectivity index (χ2v) is 14.7. The van der Waals surface area contributed by atoms with Crippen LogP contribution in [0.15, 0.2) is 215 Å². The molecule has 1 aliphatic heterocycles. The van der Waals surface area contributed by atoms with E-state index < -0.39 is 0 Å². The van der Waals surface area contributed by atoms with Crippen molar-refractivity contribution in [2.75, 3.05) is 0 Å². The Morgan fingerprint density at radius 3 is 1.75 bits per heavy atom. The molecule has 0 saturated carbocycles. The van der Waals surface area contributed by atoms with E-state index in [9.17, 15) is 0 Å². The summed E-state index contributed by atoms with van der Waals surface area (Å²) < 4.78 is 6.76. The van der Waals surface area contributed by atoms with Crippen molar-refractivity contribution >= 4 is 55.2 Å². The number of hydrogen-bond donors (Lipinski definition) is 1. The monoisotopic (exact) mass is 729 g/mol. The van der Waals surface area contributed by atoms with E-state index in [-0.39, 0.29) is 6.17 Å². The van der Waals surface area contributed by atoms with Crippen LogP contribution in [0.4, 0.5) is 0 Å². The second kappa shape index (κ2) is 13.6. The Kier molecular flexibility index (Phi) is 7.85. The molecule has 0 radical (unpaired) electrons. The summed E-state index contributed by atoms with van der Waals surface area (Å²) in [6.07, 6.45) is -0.354. The number of amidine groups is 2. The predicted octanol–water partition coefficient (Wildman–Crippen LogP) is 13.4. The zero-order chi connectivity index (χ0) is 37.7. The largest absolute Gasteiger partial charge is 0.456 e. The van der Waals surface area contributed by atoms with Gasteiger partial charge in [0.2, 0.25) is 0 Å². The van der Waals surface area contributed by atoms with Gasteiger partial charge in [-0.25, -0.2) is 9.98 Å². The molecule has 1 aliphatic rings. The molecular weight excluding hydrogens is 695 g/mol. The summed E-state index contributed by atoms with van der Waals surface area (Å²) >= 11 is 0. The highest BCUT2D eigenvalue weighted by atomic mass is 16.3. The zero-order valence-electron chi connectivity index (χ0n) is 30.9. The number of rotatable bonds is 6. The van der Waals surface area contributed by atoms with Gasteiger partial charge in [-0.2, -0.15) is 0 Å². The smallest absolute Gasteiger partial charge is 0.159 e. The number of benzene rings is 9. The van der Waals surface area contributed by atoms with Crippen LogP contribution in [0.2, 0.25) is 0 Å². The summed E-state index contributed by atoms with van der Waals surface area (Å²) in [5.41, 5.74) is 11.4. The maximum absolute atomic E-state index is 6.76. The lowest BCUT2D eigenvalue weighted by atomic mass is 9.95. The molecule has 0 aliphatic carbocycles. The van der Waals surface area contributed by atoms with Crippen LogP contribution < -0.4 is 5.32 Å². The third-order valence-electron chi connectivity index (χ3n) is 11.1. The van der Waals surface area contributed by atoms with Crippen molar-refractivity contribution < 1.29 is 4.42 Å². The average Bonchev–Trinajstić information content (AvgIpc) is 3.65. The Morgan fingerprint density at radius 1 is 0.404 bits per heavy atom. The molecule has 2 heterocycles. The summed E-state index contributed by atoms with van der Waals surface area (Å²) in [6.45, 7) is 0. The van der Waals surface area contributed by atoms with Crippen molar-refractivity contribution in [2.45, 2.75) is 6.17 Å². The lowest BCUT2D eigenvalue weighted by Gasteiger charge is -2.24. The first-order valence-electron chi connectivity index (χ1n) is 19.3. The predicted molar refractivity (Wildman–Crippen MR) is 237 cm³/mol. The first kappa shape index (κ1) is 32.8. The third-order valence-corrected chi connectivity index (χ3v) is 11.1. The molecule has 0 spiro atoms. The van der Waals surface area contributed by atoms with Gasteiger partial charge in [-0.3, -0.25) is 0 Å². The van der Waals surface area contributed by atoms with Gasteiger partial charge in [0.05, 0.1) is 0 Å². The molecule has 4 nitrogen and oxygen atoms in total. The van der Waals surface area contributed by atoms with Crippen LogP contribution >= 0.6 is 0 Å². The van der Waals surface area contributed by atoms with E-state index in [0.29, 0.717) is 5.84 Å². The fourth-order valence-electron chi connectivity index (χ4n) is 8.16. The van der Waals surface area contributed by atoms with Crippen molar-refractivity contribution in [3.05, 3.63) is 217 Å². The maximum atomic E-state index is 6.76. The number of aliphatic imine (C=N–C) groups is 2. The molecule has 0 fully saturated rings. The van der Waals surface area contributed by atoms with Gasteiger partial charge in [0.15, 0.2) is 5.84 Å². The van der Waals surface area contributed by atoms with Gasteiger partial charge >= 0.3 is 0 Å². The Balaban J connectivity index is 1.09. The van der Waals surface area contributed by atoms with E-state index in [2.05, 4.69) is 199 Å². The van der Waals surface area contributed by atoms with Crippen molar-refractivity contribution in [2.24, 2.45) is 9.98 Å². The van der Waals surface area contributed by atoms with Gasteiger partial charge in [0, 0.05) is 21.9 Å². The van der Waals surface area contributed by atoms with E-state index >= 15 is 0 Å². The minimum Gasteiger partial charge on any atom is -0.456 e. The van der Waals surface area contributed by atoms with E-state index in [0.717, 1.165) is 77.5 Å². The molecule has 4 heteroatoms.